The van der Waals surface area contributed by atoms with Gasteiger partial charge in [-0.05, 0) is 57.3 Å². The number of ketones is 1. The number of hydrogen-bond acceptors (Lipinski definition) is 5. The van der Waals surface area contributed by atoms with Crippen molar-refractivity contribution in [2.24, 2.45) is 0 Å². The lowest BCUT2D eigenvalue weighted by molar-refractivity contribution is -0.140. The van der Waals surface area contributed by atoms with Crippen LogP contribution in [-0.4, -0.2) is 60.4 Å². The molecule has 1 atom stereocenters. The second-order valence-electron chi connectivity index (χ2n) is 8.08. The normalized spacial score (nSPS) is 18.1. The third kappa shape index (κ3) is 4.97. The van der Waals surface area contributed by atoms with E-state index in [1.165, 1.54) is 0 Å². The highest BCUT2D eigenvalue weighted by molar-refractivity contribution is 6.46. The molecule has 31 heavy (non-hydrogen) atoms. The number of ether oxygens (including phenoxy) is 1. The zero-order valence-corrected chi connectivity index (χ0v) is 18.6. The van der Waals surface area contributed by atoms with Gasteiger partial charge in [0.05, 0.1) is 18.2 Å². The first-order chi connectivity index (χ1) is 14.8. The summed E-state index contributed by atoms with van der Waals surface area (Å²) < 4.78 is 5.59. The Morgan fingerprint density at radius 1 is 1.06 bits per heavy atom. The van der Waals surface area contributed by atoms with Crippen LogP contribution in [0.5, 0.6) is 5.75 Å². The van der Waals surface area contributed by atoms with Gasteiger partial charge in [0.2, 0.25) is 0 Å². The SMILES string of the molecule is CCCOc1ccc(/C(O)=C2\C(=O)C(=O)N(CCN(C)C)[C@@H]2c2ccc(C)cc2)cc1. The third-order valence-electron chi connectivity index (χ3n) is 5.32. The molecule has 164 valence electrons. The van der Waals surface area contributed by atoms with Gasteiger partial charge in [0.25, 0.3) is 11.7 Å². The number of carbonyl (C=O) groups excluding carboxylic acids is 2. The van der Waals surface area contributed by atoms with Crippen LogP contribution in [0.3, 0.4) is 0 Å². The van der Waals surface area contributed by atoms with Crippen LogP contribution in [0.2, 0.25) is 0 Å². The molecule has 1 N–H and O–H groups in total. The Labute approximate surface area is 183 Å². The van der Waals surface area contributed by atoms with Crippen LogP contribution in [-0.2, 0) is 9.59 Å². The molecule has 1 aliphatic rings. The van der Waals surface area contributed by atoms with E-state index in [2.05, 4.69) is 0 Å². The Bertz CT molecular complexity index is 962. The molecule has 2 aromatic carbocycles. The zero-order chi connectivity index (χ0) is 22.5. The molecule has 0 spiro atoms. The Kier molecular flexibility index (Phi) is 7.13. The fourth-order valence-corrected chi connectivity index (χ4v) is 3.60. The summed E-state index contributed by atoms with van der Waals surface area (Å²) in [4.78, 5) is 29.4. The number of nitrogens with zero attached hydrogens (tertiary/aromatic N) is 2. The van der Waals surface area contributed by atoms with Gasteiger partial charge in [-0.25, -0.2) is 0 Å². The van der Waals surface area contributed by atoms with Crippen molar-refractivity contribution < 1.29 is 19.4 Å². The number of likely N-dealkylation sites (N-methyl/N-ethyl adjacent to an activating group) is 1. The smallest absolute Gasteiger partial charge is 0.295 e. The van der Waals surface area contributed by atoms with E-state index >= 15 is 0 Å². The van der Waals surface area contributed by atoms with Gasteiger partial charge in [0.15, 0.2) is 0 Å². The fraction of sp³-hybridized carbons (Fsp3) is 0.360. The first-order valence-corrected chi connectivity index (χ1v) is 10.6. The van der Waals surface area contributed by atoms with Gasteiger partial charge >= 0.3 is 0 Å². The fourth-order valence-electron chi connectivity index (χ4n) is 3.60. The number of aryl methyl sites for hydroxylation is 1. The largest absolute Gasteiger partial charge is 0.507 e. The second kappa shape index (κ2) is 9.79. The zero-order valence-electron chi connectivity index (χ0n) is 18.6. The molecular formula is C25H30N2O4. The predicted octanol–water partition coefficient (Wildman–Crippen LogP) is 3.77. The Morgan fingerprint density at radius 2 is 1.71 bits per heavy atom. The molecular weight excluding hydrogens is 392 g/mol. The molecule has 6 nitrogen and oxygen atoms in total. The van der Waals surface area contributed by atoms with Gasteiger partial charge in [0, 0.05) is 18.7 Å². The first kappa shape index (κ1) is 22.6. The monoisotopic (exact) mass is 422 g/mol. The van der Waals surface area contributed by atoms with Crippen LogP contribution in [0.1, 0.15) is 36.1 Å². The first-order valence-electron chi connectivity index (χ1n) is 10.6. The molecule has 1 amide bonds. The molecule has 0 aliphatic carbocycles. The lowest BCUT2D eigenvalue weighted by Gasteiger charge is -2.26. The van der Waals surface area contributed by atoms with E-state index in [0.717, 1.165) is 17.5 Å². The van der Waals surface area contributed by atoms with Crippen LogP contribution in [0.25, 0.3) is 5.76 Å². The highest BCUT2D eigenvalue weighted by Crippen LogP contribution is 2.39. The Morgan fingerprint density at radius 3 is 2.29 bits per heavy atom. The van der Waals surface area contributed by atoms with E-state index in [-0.39, 0.29) is 11.3 Å². The van der Waals surface area contributed by atoms with Crippen molar-refractivity contribution in [3.63, 3.8) is 0 Å². The van der Waals surface area contributed by atoms with E-state index < -0.39 is 17.7 Å². The highest BCUT2D eigenvalue weighted by atomic mass is 16.5. The van der Waals surface area contributed by atoms with Gasteiger partial charge in [-0.15, -0.1) is 0 Å². The predicted molar refractivity (Wildman–Crippen MR) is 121 cm³/mol. The number of benzene rings is 2. The summed E-state index contributed by atoms with van der Waals surface area (Å²) in [5.41, 5.74) is 2.48. The maximum Gasteiger partial charge on any atom is 0.295 e. The van der Waals surface area contributed by atoms with Gasteiger partial charge in [0.1, 0.15) is 11.5 Å². The maximum absolute atomic E-state index is 13.0. The summed E-state index contributed by atoms with van der Waals surface area (Å²) in [5.74, 6) is -0.719. The molecule has 0 aromatic heterocycles. The van der Waals surface area contributed by atoms with E-state index in [4.69, 9.17) is 4.74 Å². The minimum absolute atomic E-state index is 0.120. The van der Waals surface area contributed by atoms with Crippen molar-refractivity contribution in [1.29, 1.82) is 0 Å². The summed E-state index contributed by atoms with van der Waals surface area (Å²) in [6, 6.07) is 14.0. The molecule has 6 heteroatoms. The molecule has 2 aromatic rings. The number of aliphatic hydroxyl groups is 1. The summed E-state index contributed by atoms with van der Waals surface area (Å²) in [6.45, 7) is 5.61. The van der Waals surface area contributed by atoms with Crippen LogP contribution in [0.15, 0.2) is 54.1 Å². The van der Waals surface area contributed by atoms with E-state index in [1.807, 2.05) is 57.1 Å². The molecule has 0 bridgehead atoms. The summed E-state index contributed by atoms with van der Waals surface area (Å²) in [6.07, 6.45) is 0.897. The van der Waals surface area contributed by atoms with E-state index in [0.29, 0.717) is 31.0 Å². The molecule has 1 heterocycles. The Hall–Kier alpha value is -3.12. The van der Waals surface area contributed by atoms with E-state index in [1.54, 1.807) is 29.2 Å². The topological polar surface area (TPSA) is 70.1 Å². The number of rotatable bonds is 8. The Balaban J connectivity index is 2.04. The average molecular weight is 423 g/mol. The number of Topliss-reactive ketones (excluding diaryl/α,β-unsaturated/α-hetero) is 1. The van der Waals surface area contributed by atoms with E-state index in [9.17, 15) is 14.7 Å². The van der Waals surface area contributed by atoms with Gasteiger partial charge in [-0.2, -0.15) is 0 Å². The molecule has 1 fully saturated rings. The second-order valence-corrected chi connectivity index (χ2v) is 8.08. The van der Waals surface area contributed by atoms with Crippen molar-refractivity contribution in [3.8, 4) is 5.75 Å². The number of aliphatic hydroxyl groups excluding tert-OH is 1. The number of likely N-dealkylation sites (tertiary alicyclic amines) is 1. The minimum atomic E-state index is -0.659. The highest BCUT2D eigenvalue weighted by Gasteiger charge is 2.45. The number of carbonyl (C=O) groups is 2. The van der Waals surface area contributed by atoms with Crippen LogP contribution < -0.4 is 4.74 Å². The average Bonchev–Trinajstić information content (AvgIpc) is 3.01. The molecule has 0 saturated carbocycles. The molecule has 1 aliphatic heterocycles. The lowest BCUT2D eigenvalue weighted by atomic mass is 9.94. The molecule has 1 saturated heterocycles. The summed E-state index contributed by atoms with van der Waals surface area (Å²) in [7, 11) is 3.83. The molecule has 0 unspecified atom stereocenters. The van der Waals surface area contributed by atoms with Crippen molar-refractivity contribution in [3.05, 3.63) is 70.8 Å². The standard InChI is InChI=1S/C25H30N2O4/c1-5-16-31-20-12-10-19(11-13-20)23(28)21-22(18-8-6-17(2)7-9-18)27(15-14-26(3)4)25(30)24(21)29/h6-13,22,28H,5,14-16H2,1-4H3/b23-21+/t22-/m1/s1. The van der Waals surface area contributed by atoms with Crippen molar-refractivity contribution >= 4 is 17.4 Å². The van der Waals surface area contributed by atoms with Crippen molar-refractivity contribution in [2.45, 2.75) is 26.3 Å². The van der Waals surface area contributed by atoms with Gasteiger partial charge in [-0.3, -0.25) is 9.59 Å². The minimum Gasteiger partial charge on any atom is -0.507 e. The van der Waals surface area contributed by atoms with Gasteiger partial charge in [-0.1, -0.05) is 36.8 Å². The number of hydrogen-bond donors (Lipinski definition) is 1. The summed E-state index contributed by atoms with van der Waals surface area (Å²) in [5, 5.41) is 11.1. The molecule has 3 rings (SSSR count). The van der Waals surface area contributed by atoms with Crippen molar-refractivity contribution in [2.75, 3.05) is 33.8 Å². The summed E-state index contributed by atoms with van der Waals surface area (Å²) >= 11 is 0. The lowest BCUT2D eigenvalue weighted by Crippen LogP contribution is -2.35. The van der Waals surface area contributed by atoms with Crippen molar-refractivity contribution in [1.82, 2.24) is 9.80 Å². The quantitative estimate of drug-likeness (QED) is 0.398. The van der Waals surface area contributed by atoms with Crippen LogP contribution in [0.4, 0.5) is 0 Å². The third-order valence-corrected chi connectivity index (χ3v) is 5.32. The van der Waals surface area contributed by atoms with Crippen LogP contribution in [0, 0.1) is 6.92 Å². The number of amides is 1. The van der Waals surface area contributed by atoms with Crippen LogP contribution >= 0.6 is 0 Å². The van der Waals surface area contributed by atoms with Gasteiger partial charge < -0.3 is 19.6 Å². The molecule has 0 radical (unpaired) electrons. The maximum atomic E-state index is 13.0.